The van der Waals surface area contributed by atoms with Gasteiger partial charge in [0.25, 0.3) is 5.91 Å². The molecule has 0 spiro atoms. The Balaban J connectivity index is 1.41. The number of nitro groups is 1. The molecule has 2 amide bonds. The fourth-order valence-electron chi connectivity index (χ4n) is 5.17. The van der Waals surface area contributed by atoms with Crippen LogP contribution in [0.2, 0.25) is 0 Å². The maximum atomic E-state index is 13.3. The van der Waals surface area contributed by atoms with Gasteiger partial charge in [0.1, 0.15) is 5.56 Å². The number of likely N-dealkylation sites (tertiary alicyclic amines) is 1. The number of hydrogen-bond acceptors (Lipinski definition) is 6. The molecule has 2 heterocycles. The van der Waals surface area contributed by atoms with Gasteiger partial charge in [0.15, 0.2) is 5.75 Å². The number of carbonyl (C=O) groups is 2. The molecule has 0 bridgehead atoms. The normalized spacial score (nSPS) is 18.4. The van der Waals surface area contributed by atoms with Crippen LogP contribution >= 0.6 is 0 Å². The molecule has 2 aliphatic rings. The van der Waals surface area contributed by atoms with E-state index >= 15 is 0 Å². The lowest BCUT2D eigenvalue weighted by Gasteiger charge is -2.40. The minimum absolute atomic E-state index is 0.00969. The van der Waals surface area contributed by atoms with Crippen molar-refractivity contribution in [2.45, 2.75) is 26.7 Å². The summed E-state index contributed by atoms with van der Waals surface area (Å²) in [5.74, 6) is -0.632. The van der Waals surface area contributed by atoms with E-state index in [1.807, 2.05) is 4.90 Å². The first-order valence-electron chi connectivity index (χ1n) is 12.0. The molecule has 186 valence electrons. The smallest absolute Gasteiger partial charge is 0.323 e. The van der Waals surface area contributed by atoms with E-state index in [9.17, 15) is 19.7 Å². The average molecular weight is 481 g/mol. The molecule has 0 saturated carbocycles. The zero-order chi connectivity index (χ0) is 25.1. The van der Waals surface area contributed by atoms with Crippen LogP contribution in [0.25, 0.3) is 0 Å². The number of hydrogen-bond donors (Lipinski definition) is 0. The fourth-order valence-corrected chi connectivity index (χ4v) is 5.17. The second-order valence-electron chi connectivity index (χ2n) is 9.31. The monoisotopic (exact) mass is 480 g/mol. The maximum absolute atomic E-state index is 13.3. The summed E-state index contributed by atoms with van der Waals surface area (Å²) in [6, 6.07) is 10.9. The van der Waals surface area contributed by atoms with Crippen LogP contribution < -0.4 is 9.64 Å². The number of benzene rings is 2. The Morgan fingerprint density at radius 3 is 2.43 bits per heavy atom. The van der Waals surface area contributed by atoms with Crippen LogP contribution in [0.1, 0.15) is 34.3 Å². The first-order valence-corrected chi connectivity index (χ1v) is 12.0. The van der Waals surface area contributed by atoms with Crippen molar-refractivity contribution in [2.24, 2.45) is 5.92 Å². The van der Waals surface area contributed by atoms with Crippen molar-refractivity contribution in [3.05, 3.63) is 63.2 Å². The van der Waals surface area contributed by atoms with Gasteiger partial charge in [-0.3, -0.25) is 19.7 Å². The maximum Gasteiger partial charge on any atom is 0.323 e. The van der Waals surface area contributed by atoms with Crippen LogP contribution in [-0.2, 0) is 4.79 Å². The first kappa shape index (κ1) is 24.5. The lowest BCUT2D eigenvalue weighted by Crippen LogP contribution is -2.53. The number of anilines is 1. The van der Waals surface area contributed by atoms with Gasteiger partial charge in [-0.2, -0.15) is 0 Å². The molecule has 0 aromatic heterocycles. The quantitative estimate of drug-likeness (QED) is 0.481. The van der Waals surface area contributed by atoms with Crippen molar-refractivity contribution < 1.29 is 19.2 Å². The topological polar surface area (TPSA) is 96.2 Å². The van der Waals surface area contributed by atoms with Gasteiger partial charge in [-0.25, -0.2) is 0 Å². The van der Waals surface area contributed by atoms with Gasteiger partial charge in [0.2, 0.25) is 5.91 Å². The third-order valence-corrected chi connectivity index (χ3v) is 6.97. The Morgan fingerprint density at radius 1 is 1.03 bits per heavy atom. The Hall–Kier alpha value is -3.62. The second-order valence-corrected chi connectivity index (χ2v) is 9.31. The highest BCUT2D eigenvalue weighted by molar-refractivity contribution is 5.99. The summed E-state index contributed by atoms with van der Waals surface area (Å²) in [6.45, 7) is 7.73. The van der Waals surface area contributed by atoms with Gasteiger partial charge in [0.05, 0.1) is 18.0 Å². The molecule has 35 heavy (non-hydrogen) atoms. The van der Waals surface area contributed by atoms with Gasteiger partial charge in [0, 0.05) is 45.0 Å². The van der Waals surface area contributed by atoms with Crippen molar-refractivity contribution in [3.63, 3.8) is 0 Å². The lowest BCUT2D eigenvalue weighted by atomic mass is 9.95. The molecule has 1 unspecified atom stereocenters. The molecule has 2 fully saturated rings. The molecule has 4 rings (SSSR count). The Labute approximate surface area is 205 Å². The van der Waals surface area contributed by atoms with Crippen molar-refractivity contribution in [1.29, 1.82) is 0 Å². The molecule has 2 saturated heterocycles. The molecule has 0 radical (unpaired) electrons. The minimum Gasteiger partial charge on any atom is -0.490 e. The van der Waals surface area contributed by atoms with Crippen molar-refractivity contribution in [3.8, 4) is 5.75 Å². The van der Waals surface area contributed by atoms with Gasteiger partial charge in [-0.05, 0) is 50.5 Å². The average Bonchev–Trinajstić information content (AvgIpc) is 2.87. The summed E-state index contributed by atoms with van der Waals surface area (Å²) >= 11 is 0. The van der Waals surface area contributed by atoms with Crippen LogP contribution in [0.5, 0.6) is 5.75 Å². The van der Waals surface area contributed by atoms with E-state index in [4.69, 9.17) is 4.74 Å². The van der Waals surface area contributed by atoms with Crippen LogP contribution in [0, 0.1) is 29.9 Å². The number of rotatable bonds is 5. The van der Waals surface area contributed by atoms with Crippen LogP contribution in [0.4, 0.5) is 11.4 Å². The molecular formula is C26H32N4O5. The highest BCUT2D eigenvalue weighted by atomic mass is 16.6. The Bertz CT molecular complexity index is 1130. The largest absolute Gasteiger partial charge is 0.490 e. The van der Waals surface area contributed by atoms with Crippen LogP contribution in [-0.4, -0.2) is 72.9 Å². The third-order valence-electron chi connectivity index (χ3n) is 6.97. The molecule has 0 N–H and O–H groups in total. The van der Waals surface area contributed by atoms with Gasteiger partial charge in [-0.15, -0.1) is 0 Å². The molecule has 2 aliphatic heterocycles. The number of para-hydroxylation sites is 1. The zero-order valence-corrected chi connectivity index (χ0v) is 20.5. The number of amides is 2. The number of methoxy groups -OCH3 is 1. The highest BCUT2D eigenvalue weighted by Crippen LogP contribution is 2.32. The first-order chi connectivity index (χ1) is 16.8. The minimum atomic E-state index is -0.589. The van der Waals surface area contributed by atoms with Crippen molar-refractivity contribution >= 4 is 23.2 Å². The summed E-state index contributed by atoms with van der Waals surface area (Å²) in [6.07, 6.45) is 1.39. The van der Waals surface area contributed by atoms with Crippen molar-refractivity contribution in [1.82, 2.24) is 9.80 Å². The summed E-state index contributed by atoms with van der Waals surface area (Å²) in [5.41, 5.74) is 3.33. The number of nitrogens with zero attached hydrogens (tertiary/aromatic N) is 4. The predicted octanol–water partition coefficient (Wildman–Crippen LogP) is 3.42. The highest BCUT2D eigenvalue weighted by Gasteiger charge is 2.35. The number of piperidine rings is 1. The fraction of sp³-hybridized carbons (Fsp3) is 0.462. The summed E-state index contributed by atoms with van der Waals surface area (Å²) < 4.78 is 5.10. The zero-order valence-electron chi connectivity index (χ0n) is 20.5. The summed E-state index contributed by atoms with van der Waals surface area (Å²) in [4.78, 5) is 43.4. The summed E-state index contributed by atoms with van der Waals surface area (Å²) in [5, 5.41) is 11.6. The van der Waals surface area contributed by atoms with Crippen LogP contribution in [0.15, 0.2) is 36.4 Å². The van der Waals surface area contributed by atoms with Gasteiger partial charge < -0.3 is 19.4 Å². The Kier molecular flexibility index (Phi) is 7.23. The molecule has 0 aliphatic carbocycles. The van der Waals surface area contributed by atoms with E-state index in [-0.39, 0.29) is 35.4 Å². The number of nitro benzene ring substituents is 1. The SMILES string of the molecule is COc1cccc(C(=O)N2CCCC(C(=O)N3CCN(c4ccc(C)cc4C)CC3)C2)c1[N+](=O)[O-]. The van der Waals surface area contributed by atoms with E-state index in [1.54, 1.807) is 11.0 Å². The van der Waals surface area contributed by atoms with E-state index in [0.717, 1.165) is 13.1 Å². The molecule has 9 heteroatoms. The van der Waals surface area contributed by atoms with Gasteiger partial charge >= 0.3 is 5.69 Å². The molecule has 2 aromatic rings. The number of piperazine rings is 1. The van der Waals surface area contributed by atoms with E-state index in [1.165, 1.54) is 36.1 Å². The molecule has 9 nitrogen and oxygen atoms in total. The van der Waals surface area contributed by atoms with E-state index in [0.29, 0.717) is 32.5 Å². The van der Waals surface area contributed by atoms with Gasteiger partial charge in [-0.1, -0.05) is 23.8 Å². The van der Waals surface area contributed by atoms with E-state index < -0.39 is 10.8 Å². The Morgan fingerprint density at radius 2 is 1.77 bits per heavy atom. The van der Waals surface area contributed by atoms with Crippen LogP contribution in [0.3, 0.4) is 0 Å². The predicted molar refractivity (Wildman–Crippen MR) is 133 cm³/mol. The second kappa shape index (κ2) is 10.3. The molecular weight excluding hydrogens is 448 g/mol. The van der Waals surface area contributed by atoms with Crippen molar-refractivity contribution in [2.75, 3.05) is 51.3 Å². The molecule has 2 aromatic carbocycles. The molecule has 1 atom stereocenters. The summed E-state index contributed by atoms with van der Waals surface area (Å²) in [7, 11) is 1.34. The number of carbonyl (C=O) groups excluding carboxylic acids is 2. The number of ether oxygens (including phenoxy) is 1. The number of aryl methyl sites for hydroxylation is 2. The van der Waals surface area contributed by atoms with E-state index in [2.05, 4.69) is 36.9 Å². The standard InChI is InChI=1S/C26H32N4O5/c1-18-9-10-22(19(2)16-18)27-12-14-28(15-13-27)25(31)20-6-5-11-29(17-20)26(32)21-7-4-8-23(35-3)24(21)30(33)34/h4,7-10,16,20H,5-6,11-15,17H2,1-3H3. The third kappa shape index (κ3) is 5.08. The lowest BCUT2D eigenvalue weighted by molar-refractivity contribution is -0.386.